The molecule has 6 heteroatoms. The SMILES string of the molecule is Cc1ccc(C(=O)OCC(=O)Nc2ccc(I)cc2)s1. The number of nitrogens with one attached hydrogen (secondary N) is 1. The molecule has 1 heterocycles. The Morgan fingerprint density at radius 1 is 1.20 bits per heavy atom. The normalized spacial score (nSPS) is 10.1. The first kappa shape index (κ1) is 15.0. The van der Waals surface area contributed by atoms with E-state index >= 15 is 0 Å². The zero-order valence-corrected chi connectivity index (χ0v) is 13.7. The van der Waals surface area contributed by atoms with E-state index in [1.54, 1.807) is 18.2 Å². The number of esters is 1. The molecule has 1 aromatic heterocycles. The Labute approximate surface area is 134 Å². The topological polar surface area (TPSA) is 55.4 Å². The predicted molar refractivity (Wildman–Crippen MR) is 87.1 cm³/mol. The number of hydrogen-bond acceptors (Lipinski definition) is 4. The lowest BCUT2D eigenvalue weighted by atomic mass is 10.3. The van der Waals surface area contributed by atoms with Gasteiger partial charge in [0.2, 0.25) is 0 Å². The van der Waals surface area contributed by atoms with Gasteiger partial charge in [-0.25, -0.2) is 4.79 Å². The fourth-order valence-electron chi connectivity index (χ4n) is 1.48. The quantitative estimate of drug-likeness (QED) is 0.631. The summed E-state index contributed by atoms with van der Waals surface area (Å²) in [5.41, 5.74) is 0.679. The largest absolute Gasteiger partial charge is 0.451 e. The van der Waals surface area contributed by atoms with E-state index in [1.807, 2.05) is 25.1 Å². The first-order valence-corrected chi connectivity index (χ1v) is 7.73. The highest BCUT2D eigenvalue weighted by Gasteiger charge is 2.12. The van der Waals surface area contributed by atoms with Crippen LogP contribution < -0.4 is 5.32 Å². The molecule has 0 saturated heterocycles. The summed E-state index contributed by atoms with van der Waals surface area (Å²) >= 11 is 3.53. The Kier molecular flexibility index (Phi) is 5.13. The van der Waals surface area contributed by atoms with Crippen molar-refractivity contribution in [2.75, 3.05) is 11.9 Å². The highest BCUT2D eigenvalue weighted by atomic mass is 127. The van der Waals surface area contributed by atoms with Crippen LogP contribution in [0.3, 0.4) is 0 Å². The molecule has 0 aliphatic rings. The molecule has 0 saturated carbocycles. The Bertz CT molecular complexity index is 622. The van der Waals surface area contributed by atoms with Crippen molar-refractivity contribution in [3.8, 4) is 0 Å². The maximum absolute atomic E-state index is 11.7. The second-order valence-corrected chi connectivity index (χ2v) is 6.58. The molecule has 104 valence electrons. The van der Waals surface area contributed by atoms with Crippen molar-refractivity contribution in [2.24, 2.45) is 0 Å². The molecule has 20 heavy (non-hydrogen) atoms. The molecular formula is C14H12INO3S. The third kappa shape index (κ3) is 4.31. The maximum atomic E-state index is 11.7. The average Bonchev–Trinajstić information content (AvgIpc) is 2.85. The highest BCUT2D eigenvalue weighted by molar-refractivity contribution is 14.1. The number of carbonyl (C=O) groups excluding carboxylic acids is 2. The smallest absolute Gasteiger partial charge is 0.348 e. The number of thiophene rings is 1. The van der Waals surface area contributed by atoms with Gasteiger partial charge in [-0.2, -0.15) is 0 Å². The summed E-state index contributed by atoms with van der Waals surface area (Å²) in [4.78, 5) is 24.9. The van der Waals surface area contributed by atoms with Crippen LogP contribution in [0.5, 0.6) is 0 Å². The Hall–Kier alpha value is -1.41. The maximum Gasteiger partial charge on any atom is 0.348 e. The molecular weight excluding hydrogens is 389 g/mol. The molecule has 0 fully saturated rings. The van der Waals surface area contributed by atoms with Gasteiger partial charge in [0.15, 0.2) is 6.61 Å². The first-order chi connectivity index (χ1) is 9.54. The minimum Gasteiger partial charge on any atom is -0.451 e. The molecule has 1 aromatic carbocycles. The summed E-state index contributed by atoms with van der Waals surface area (Å²) in [6, 6.07) is 10.9. The van der Waals surface area contributed by atoms with Crippen LogP contribution in [0.4, 0.5) is 5.69 Å². The van der Waals surface area contributed by atoms with Crippen LogP contribution in [0.15, 0.2) is 36.4 Å². The van der Waals surface area contributed by atoms with Crippen LogP contribution in [0.2, 0.25) is 0 Å². The van der Waals surface area contributed by atoms with Crippen molar-refractivity contribution < 1.29 is 14.3 Å². The number of anilines is 1. The van der Waals surface area contributed by atoms with Crippen molar-refractivity contribution in [1.29, 1.82) is 0 Å². The lowest BCUT2D eigenvalue weighted by molar-refractivity contribution is -0.119. The monoisotopic (exact) mass is 401 g/mol. The van der Waals surface area contributed by atoms with Gasteiger partial charge in [-0.1, -0.05) is 0 Å². The second-order valence-electron chi connectivity index (χ2n) is 4.04. The lowest BCUT2D eigenvalue weighted by Crippen LogP contribution is -2.20. The zero-order valence-electron chi connectivity index (χ0n) is 10.7. The van der Waals surface area contributed by atoms with Crippen molar-refractivity contribution >= 4 is 51.5 Å². The van der Waals surface area contributed by atoms with Crippen LogP contribution in [-0.2, 0) is 9.53 Å². The number of carbonyl (C=O) groups is 2. The van der Waals surface area contributed by atoms with Gasteiger partial charge in [-0.05, 0) is 65.9 Å². The van der Waals surface area contributed by atoms with E-state index in [0.29, 0.717) is 10.6 Å². The predicted octanol–water partition coefficient (Wildman–Crippen LogP) is 3.46. The van der Waals surface area contributed by atoms with E-state index in [9.17, 15) is 9.59 Å². The third-order valence-electron chi connectivity index (χ3n) is 2.40. The molecule has 0 atom stereocenters. The van der Waals surface area contributed by atoms with E-state index in [1.165, 1.54) is 11.3 Å². The molecule has 4 nitrogen and oxygen atoms in total. The van der Waals surface area contributed by atoms with Crippen LogP contribution in [0, 0.1) is 10.5 Å². The van der Waals surface area contributed by atoms with Gasteiger partial charge < -0.3 is 10.1 Å². The minimum atomic E-state index is -0.471. The number of amides is 1. The van der Waals surface area contributed by atoms with E-state index < -0.39 is 5.97 Å². The molecule has 0 spiro atoms. The third-order valence-corrected chi connectivity index (χ3v) is 4.10. The van der Waals surface area contributed by atoms with E-state index in [2.05, 4.69) is 27.9 Å². The van der Waals surface area contributed by atoms with Gasteiger partial charge >= 0.3 is 5.97 Å². The standard InChI is InChI=1S/C14H12INO3S/c1-9-2-7-12(20-9)14(18)19-8-13(17)16-11-5-3-10(15)4-6-11/h2-7H,8H2,1H3,(H,16,17). The lowest BCUT2D eigenvalue weighted by Gasteiger charge is -2.05. The summed E-state index contributed by atoms with van der Waals surface area (Å²) in [6.45, 7) is 1.62. The number of benzene rings is 1. The highest BCUT2D eigenvalue weighted by Crippen LogP contribution is 2.16. The minimum absolute atomic E-state index is 0.290. The van der Waals surface area contributed by atoms with Crippen molar-refractivity contribution in [2.45, 2.75) is 6.92 Å². The molecule has 0 aliphatic carbocycles. The molecule has 0 unspecified atom stereocenters. The molecule has 0 bridgehead atoms. The number of rotatable bonds is 4. The van der Waals surface area contributed by atoms with Gasteiger partial charge in [-0.3, -0.25) is 4.79 Å². The summed E-state index contributed by atoms with van der Waals surface area (Å²) in [7, 11) is 0. The van der Waals surface area contributed by atoms with Gasteiger partial charge in [-0.15, -0.1) is 11.3 Å². The molecule has 2 aromatic rings. The van der Waals surface area contributed by atoms with Crippen LogP contribution in [0.25, 0.3) is 0 Å². The van der Waals surface area contributed by atoms with Crippen LogP contribution >= 0.6 is 33.9 Å². The average molecular weight is 401 g/mol. The molecule has 1 N–H and O–H groups in total. The fourth-order valence-corrected chi connectivity index (χ4v) is 2.60. The Morgan fingerprint density at radius 3 is 2.50 bits per heavy atom. The van der Waals surface area contributed by atoms with E-state index in [-0.39, 0.29) is 12.5 Å². The van der Waals surface area contributed by atoms with E-state index in [4.69, 9.17) is 4.74 Å². The van der Waals surface area contributed by atoms with Gasteiger partial charge in [0, 0.05) is 14.1 Å². The molecule has 0 aliphatic heterocycles. The van der Waals surface area contributed by atoms with Crippen molar-refractivity contribution in [3.63, 3.8) is 0 Å². The first-order valence-electron chi connectivity index (χ1n) is 5.83. The zero-order chi connectivity index (χ0) is 14.5. The number of halogens is 1. The van der Waals surface area contributed by atoms with Crippen molar-refractivity contribution in [3.05, 3.63) is 49.7 Å². The van der Waals surface area contributed by atoms with Gasteiger partial charge in [0.25, 0.3) is 5.91 Å². The van der Waals surface area contributed by atoms with Gasteiger partial charge in [0.05, 0.1) is 0 Å². The summed E-state index contributed by atoms with van der Waals surface area (Å²) < 4.78 is 6.04. The Morgan fingerprint density at radius 2 is 1.90 bits per heavy atom. The van der Waals surface area contributed by atoms with E-state index in [0.717, 1.165) is 8.45 Å². The Balaban J connectivity index is 1.83. The number of aryl methyl sites for hydroxylation is 1. The fraction of sp³-hybridized carbons (Fsp3) is 0.143. The summed E-state index contributed by atoms with van der Waals surface area (Å²) in [5.74, 6) is -0.825. The molecule has 0 radical (unpaired) electrons. The van der Waals surface area contributed by atoms with Crippen LogP contribution in [0.1, 0.15) is 14.5 Å². The number of hydrogen-bond donors (Lipinski definition) is 1. The van der Waals surface area contributed by atoms with Crippen molar-refractivity contribution in [1.82, 2.24) is 0 Å². The van der Waals surface area contributed by atoms with Crippen LogP contribution in [-0.4, -0.2) is 18.5 Å². The summed E-state index contributed by atoms with van der Waals surface area (Å²) in [6.07, 6.45) is 0. The molecule has 1 amide bonds. The van der Waals surface area contributed by atoms with Gasteiger partial charge in [0.1, 0.15) is 4.88 Å². The summed E-state index contributed by atoms with van der Waals surface area (Å²) in [5, 5.41) is 2.67. The molecule has 2 rings (SSSR count). The second kappa shape index (κ2) is 6.85. The number of ether oxygens (including phenoxy) is 1.